The van der Waals surface area contributed by atoms with Crippen molar-refractivity contribution in [1.82, 2.24) is 9.80 Å². The molecule has 0 bridgehead atoms. The first-order valence-electron chi connectivity index (χ1n) is 27.8. The molecule has 1 aliphatic heterocycles. The highest BCUT2D eigenvalue weighted by molar-refractivity contribution is 5.77. The van der Waals surface area contributed by atoms with E-state index >= 15 is 0 Å². The van der Waals surface area contributed by atoms with Crippen LogP contribution >= 0.6 is 0 Å². The Labute approximate surface area is 406 Å². The zero-order valence-electron chi connectivity index (χ0n) is 44.8. The molecule has 1 saturated heterocycles. The van der Waals surface area contributed by atoms with Crippen molar-refractivity contribution in [1.29, 1.82) is 0 Å². The quantitative estimate of drug-likeness (QED) is 0.0332. The lowest BCUT2D eigenvalue weighted by Gasteiger charge is -2.27. The molecule has 1 aliphatic rings. The van der Waals surface area contributed by atoms with Crippen molar-refractivity contribution in [2.24, 2.45) is 10.8 Å². The molecule has 3 atom stereocenters. The molecule has 0 aromatic rings. The maximum absolute atomic E-state index is 13.5. The predicted molar refractivity (Wildman–Crippen MR) is 273 cm³/mol. The van der Waals surface area contributed by atoms with Crippen molar-refractivity contribution in [3.05, 3.63) is 0 Å². The Hall–Kier alpha value is -2.20. The number of likely N-dealkylation sites (tertiary alicyclic amines) is 1. The van der Waals surface area contributed by atoms with Crippen LogP contribution in [-0.4, -0.2) is 98.9 Å². The number of esters is 4. The van der Waals surface area contributed by atoms with E-state index < -0.39 is 16.9 Å². The van der Waals surface area contributed by atoms with E-state index in [-0.39, 0.29) is 36.1 Å². The zero-order chi connectivity index (χ0) is 48.9. The number of hydrogen-bond donors (Lipinski definition) is 0. The summed E-state index contributed by atoms with van der Waals surface area (Å²) in [6.45, 7) is 17.5. The summed E-state index contributed by atoms with van der Waals surface area (Å²) >= 11 is 0. The molecular weight excluding hydrogens is 829 g/mol. The molecule has 0 saturated carbocycles. The van der Waals surface area contributed by atoms with E-state index in [2.05, 4.69) is 25.7 Å². The fourth-order valence-corrected chi connectivity index (χ4v) is 9.03. The Kier molecular flexibility index (Phi) is 36.2. The Bertz CT molecular complexity index is 1240. The lowest BCUT2D eigenvalue weighted by Crippen LogP contribution is -2.38. The van der Waals surface area contributed by atoms with Crippen LogP contribution < -0.4 is 0 Å². The van der Waals surface area contributed by atoms with Crippen LogP contribution in [0.15, 0.2) is 0 Å². The average molecular weight is 935 g/mol. The highest BCUT2D eigenvalue weighted by Crippen LogP contribution is 2.30. The van der Waals surface area contributed by atoms with Crippen LogP contribution in [0.1, 0.15) is 260 Å². The fourth-order valence-electron chi connectivity index (χ4n) is 9.03. The number of hydrogen-bond acceptors (Lipinski definition) is 10. The Balaban J connectivity index is 2.52. The van der Waals surface area contributed by atoms with Gasteiger partial charge in [0, 0.05) is 19.5 Å². The van der Waals surface area contributed by atoms with E-state index in [1.807, 2.05) is 46.7 Å². The SMILES string of the molecule is CCCCCCCCCCCOC(=O)C(C)(C)CCCCCCOC(=O)C1C[C@H](OC(=O)CCN(C)C)CN1CCCCCCC(C)(C)C(=O)OC(CCCCCC)CCCCCCCC. The number of nitrogens with zero attached hydrogens (tertiary/aromatic N) is 2. The smallest absolute Gasteiger partial charge is 0.323 e. The third kappa shape index (κ3) is 31.0. The van der Waals surface area contributed by atoms with Gasteiger partial charge < -0.3 is 23.8 Å². The van der Waals surface area contributed by atoms with E-state index in [4.69, 9.17) is 18.9 Å². The molecule has 1 fully saturated rings. The van der Waals surface area contributed by atoms with Crippen LogP contribution in [0.5, 0.6) is 0 Å². The van der Waals surface area contributed by atoms with Gasteiger partial charge in [0.25, 0.3) is 0 Å². The van der Waals surface area contributed by atoms with Gasteiger partial charge in [-0.15, -0.1) is 0 Å². The number of carbonyl (C=O) groups excluding carboxylic acids is 4. The summed E-state index contributed by atoms with van der Waals surface area (Å²) in [6, 6.07) is -0.432. The number of unbranched alkanes of at least 4 members (excludes halogenated alkanes) is 22. The van der Waals surface area contributed by atoms with Crippen LogP contribution in [0.25, 0.3) is 0 Å². The fraction of sp³-hybridized carbons (Fsp3) is 0.929. The van der Waals surface area contributed by atoms with Crippen molar-refractivity contribution < 1.29 is 38.1 Å². The molecule has 0 amide bonds. The van der Waals surface area contributed by atoms with Gasteiger partial charge in [0.15, 0.2) is 0 Å². The molecule has 66 heavy (non-hydrogen) atoms. The van der Waals surface area contributed by atoms with E-state index in [1.54, 1.807) is 0 Å². The molecule has 2 unspecified atom stereocenters. The van der Waals surface area contributed by atoms with Gasteiger partial charge in [-0.1, -0.05) is 162 Å². The molecule has 0 N–H and O–H groups in total. The Morgan fingerprint density at radius 3 is 1.53 bits per heavy atom. The summed E-state index contributed by atoms with van der Waals surface area (Å²) in [7, 11) is 3.87. The molecule has 1 rings (SSSR count). The molecule has 0 aliphatic carbocycles. The zero-order valence-corrected chi connectivity index (χ0v) is 44.8. The van der Waals surface area contributed by atoms with Crippen molar-refractivity contribution in [3.63, 3.8) is 0 Å². The van der Waals surface area contributed by atoms with Gasteiger partial charge >= 0.3 is 23.9 Å². The minimum Gasteiger partial charge on any atom is -0.465 e. The van der Waals surface area contributed by atoms with Crippen molar-refractivity contribution >= 4 is 23.9 Å². The number of carbonyl (C=O) groups is 4. The maximum atomic E-state index is 13.5. The summed E-state index contributed by atoms with van der Waals surface area (Å²) < 4.78 is 23.6. The lowest BCUT2D eigenvalue weighted by atomic mass is 9.86. The Morgan fingerprint density at radius 2 is 1.00 bits per heavy atom. The summed E-state index contributed by atoms with van der Waals surface area (Å²) in [6.07, 6.45) is 34.8. The second-order valence-corrected chi connectivity index (χ2v) is 21.6. The van der Waals surface area contributed by atoms with Crippen molar-refractivity contribution in [2.45, 2.75) is 279 Å². The average Bonchev–Trinajstić information content (AvgIpc) is 3.68. The van der Waals surface area contributed by atoms with Crippen LogP contribution in [-0.2, 0) is 38.1 Å². The monoisotopic (exact) mass is 935 g/mol. The van der Waals surface area contributed by atoms with Crippen molar-refractivity contribution in [3.8, 4) is 0 Å². The van der Waals surface area contributed by atoms with Gasteiger partial charge in [0.2, 0.25) is 0 Å². The second-order valence-electron chi connectivity index (χ2n) is 21.6. The van der Waals surface area contributed by atoms with E-state index in [0.717, 1.165) is 109 Å². The highest BCUT2D eigenvalue weighted by atomic mass is 16.6. The first kappa shape index (κ1) is 61.8. The first-order chi connectivity index (χ1) is 31.7. The minimum absolute atomic E-state index is 0.0243. The van der Waals surface area contributed by atoms with Crippen LogP contribution in [0.2, 0.25) is 0 Å². The number of ether oxygens (including phenoxy) is 4. The highest BCUT2D eigenvalue weighted by Gasteiger charge is 2.39. The van der Waals surface area contributed by atoms with Crippen LogP contribution in [0, 0.1) is 10.8 Å². The maximum Gasteiger partial charge on any atom is 0.323 e. The molecule has 10 heteroatoms. The summed E-state index contributed by atoms with van der Waals surface area (Å²) in [5, 5.41) is 0. The van der Waals surface area contributed by atoms with Gasteiger partial charge in [-0.05, 0) is 106 Å². The van der Waals surface area contributed by atoms with Crippen LogP contribution in [0.4, 0.5) is 0 Å². The van der Waals surface area contributed by atoms with Crippen molar-refractivity contribution in [2.75, 3.05) is 46.9 Å². The summed E-state index contributed by atoms with van der Waals surface area (Å²) in [5.41, 5.74) is -1.02. The molecule has 0 spiro atoms. The molecule has 10 nitrogen and oxygen atoms in total. The third-order valence-electron chi connectivity index (χ3n) is 13.8. The summed E-state index contributed by atoms with van der Waals surface area (Å²) in [5.74, 6) is -0.628. The van der Waals surface area contributed by atoms with E-state index in [0.29, 0.717) is 39.1 Å². The normalized spacial score (nSPS) is 16.2. The first-order valence-corrected chi connectivity index (χ1v) is 27.8. The molecule has 1 heterocycles. The lowest BCUT2D eigenvalue weighted by molar-refractivity contribution is -0.161. The molecule has 0 radical (unpaired) electrons. The number of rotatable bonds is 44. The summed E-state index contributed by atoms with van der Waals surface area (Å²) in [4.78, 5) is 56.5. The van der Waals surface area contributed by atoms with Crippen LogP contribution in [0.3, 0.4) is 0 Å². The predicted octanol–water partition coefficient (Wildman–Crippen LogP) is 14.1. The standard InChI is InChI=1S/C56H106N2O8/c1-10-13-16-19-21-22-23-28-36-45-64-53(61)55(4,5)40-33-26-29-35-44-63-52(60)50-46-49(65-51(59)39-43-57(8)9)47-58(50)42-34-27-25-32-41-56(6,7)54(62)66-48(37-30-18-15-12-3)38-31-24-20-17-14-11-2/h48-50H,10-47H2,1-9H3/t48?,49-,50?/m0/s1. The van der Waals surface area contributed by atoms with E-state index in [9.17, 15) is 19.2 Å². The van der Waals surface area contributed by atoms with Gasteiger partial charge in [-0.2, -0.15) is 0 Å². The van der Waals surface area contributed by atoms with E-state index in [1.165, 1.54) is 96.3 Å². The second kappa shape index (κ2) is 38.6. The van der Waals surface area contributed by atoms with Gasteiger partial charge in [0.1, 0.15) is 18.2 Å². The molecule has 388 valence electrons. The van der Waals surface area contributed by atoms with Gasteiger partial charge in [0.05, 0.1) is 30.5 Å². The minimum atomic E-state index is -0.521. The van der Waals surface area contributed by atoms with Gasteiger partial charge in [-0.3, -0.25) is 24.1 Å². The third-order valence-corrected chi connectivity index (χ3v) is 13.8. The molecule has 0 aromatic heterocycles. The Morgan fingerprint density at radius 1 is 0.561 bits per heavy atom. The topological polar surface area (TPSA) is 112 Å². The molecule has 0 aromatic carbocycles. The largest absolute Gasteiger partial charge is 0.465 e. The van der Waals surface area contributed by atoms with Gasteiger partial charge in [-0.25, -0.2) is 0 Å². The molecular formula is C56H106N2O8.